The zero-order chi connectivity index (χ0) is 19.2. The number of rotatable bonds is 8. The van der Waals surface area contributed by atoms with Gasteiger partial charge >= 0.3 is 0 Å². The lowest BCUT2D eigenvalue weighted by molar-refractivity contribution is -0.122. The van der Waals surface area contributed by atoms with Crippen LogP contribution in [0.4, 0.5) is 4.39 Å². The van der Waals surface area contributed by atoms with Crippen molar-refractivity contribution in [1.82, 2.24) is 10.0 Å². The molecule has 26 heavy (non-hydrogen) atoms. The molecule has 0 bridgehead atoms. The predicted molar refractivity (Wildman–Crippen MR) is 95.6 cm³/mol. The summed E-state index contributed by atoms with van der Waals surface area (Å²) >= 11 is 0. The fraction of sp³-hybridized carbons (Fsp3) is 0.278. The minimum absolute atomic E-state index is 0.0409. The van der Waals surface area contributed by atoms with Crippen molar-refractivity contribution in [1.29, 1.82) is 0 Å². The summed E-state index contributed by atoms with van der Waals surface area (Å²) < 4.78 is 45.2. The third kappa shape index (κ3) is 5.53. The van der Waals surface area contributed by atoms with Crippen LogP contribution in [0.5, 0.6) is 5.75 Å². The van der Waals surface area contributed by atoms with E-state index in [9.17, 15) is 17.6 Å². The maximum absolute atomic E-state index is 12.9. The van der Waals surface area contributed by atoms with Crippen LogP contribution in [0.2, 0.25) is 0 Å². The average molecular weight is 380 g/mol. The highest BCUT2D eigenvalue weighted by molar-refractivity contribution is 7.89. The highest BCUT2D eigenvalue weighted by Gasteiger charge is 2.21. The zero-order valence-electron chi connectivity index (χ0n) is 14.5. The first-order chi connectivity index (χ1) is 12.3. The molecule has 6 nitrogen and oxygen atoms in total. The molecule has 2 N–H and O–H groups in total. The van der Waals surface area contributed by atoms with Crippen LogP contribution in [-0.4, -0.2) is 27.0 Å². The number of carbonyl (C=O) groups excluding carboxylic acids is 1. The van der Waals surface area contributed by atoms with Gasteiger partial charge in [-0.15, -0.1) is 0 Å². The Kier molecular flexibility index (Phi) is 6.70. The normalized spacial score (nSPS) is 12.4. The first-order valence-corrected chi connectivity index (χ1v) is 9.57. The molecule has 0 aliphatic rings. The molecule has 0 heterocycles. The molecule has 0 fully saturated rings. The van der Waals surface area contributed by atoms with Crippen molar-refractivity contribution >= 4 is 15.9 Å². The maximum Gasteiger partial charge on any atom is 0.241 e. The molecular weight excluding hydrogens is 359 g/mol. The second-order valence-corrected chi connectivity index (χ2v) is 7.31. The van der Waals surface area contributed by atoms with Gasteiger partial charge < -0.3 is 10.1 Å². The molecule has 0 saturated heterocycles. The quantitative estimate of drug-likeness (QED) is 0.735. The average Bonchev–Trinajstić information content (AvgIpc) is 2.61. The van der Waals surface area contributed by atoms with Crippen LogP contribution in [0, 0.1) is 5.82 Å². The Balaban J connectivity index is 1.94. The van der Waals surface area contributed by atoms with Gasteiger partial charge in [-0.05, 0) is 55.8 Å². The smallest absolute Gasteiger partial charge is 0.241 e. The number of hydrogen-bond acceptors (Lipinski definition) is 4. The Morgan fingerprint density at radius 3 is 2.31 bits per heavy atom. The van der Waals surface area contributed by atoms with E-state index in [1.807, 2.05) is 6.92 Å². The van der Waals surface area contributed by atoms with Crippen LogP contribution in [0.1, 0.15) is 19.4 Å². The van der Waals surface area contributed by atoms with E-state index in [-0.39, 0.29) is 17.3 Å². The molecule has 2 aromatic rings. The van der Waals surface area contributed by atoms with Crippen molar-refractivity contribution in [2.45, 2.75) is 31.3 Å². The summed E-state index contributed by atoms with van der Waals surface area (Å²) in [7, 11) is -3.84. The third-order valence-electron chi connectivity index (χ3n) is 3.55. The summed E-state index contributed by atoms with van der Waals surface area (Å²) in [6.07, 6.45) is 0. The van der Waals surface area contributed by atoms with Gasteiger partial charge in [0.15, 0.2) is 0 Å². The van der Waals surface area contributed by atoms with Crippen LogP contribution < -0.4 is 14.8 Å². The van der Waals surface area contributed by atoms with E-state index in [4.69, 9.17) is 4.74 Å². The SMILES string of the molecule is CCOc1ccc(S(=O)(=O)NC(C)C(=O)NCc2ccc(F)cc2)cc1. The van der Waals surface area contributed by atoms with Crippen molar-refractivity contribution < 1.29 is 22.3 Å². The number of benzene rings is 2. The number of sulfonamides is 1. The highest BCUT2D eigenvalue weighted by Crippen LogP contribution is 2.16. The van der Waals surface area contributed by atoms with Crippen LogP contribution in [0.3, 0.4) is 0 Å². The van der Waals surface area contributed by atoms with Gasteiger partial charge in [0.25, 0.3) is 0 Å². The van der Waals surface area contributed by atoms with Gasteiger partial charge in [0.1, 0.15) is 11.6 Å². The molecule has 140 valence electrons. The van der Waals surface area contributed by atoms with Gasteiger partial charge in [-0.25, -0.2) is 12.8 Å². The monoisotopic (exact) mass is 380 g/mol. The Hall–Kier alpha value is -2.45. The van der Waals surface area contributed by atoms with E-state index in [0.717, 1.165) is 0 Å². The van der Waals surface area contributed by atoms with Crippen molar-refractivity contribution in [3.8, 4) is 5.75 Å². The second-order valence-electron chi connectivity index (χ2n) is 5.59. The molecule has 0 aliphatic carbocycles. The molecule has 0 aromatic heterocycles. The number of carbonyl (C=O) groups is 1. The van der Waals surface area contributed by atoms with E-state index >= 15 is 0 Å². The second kappa shape index (κ2) is 8.77. The summed E-state index contributed by atoms with van der Waals surface area (Å²) in [5, 5.41) is 2.61. The Bertz CT molecular complexity index is 836. The predicted octanol–water partition coefficient (Wildman–Crippen LogP) is 2.21. The van der Waals surface area contributed by atoms with E-state index in [2.05, 4.69) is 10.0 Å². The summed E-state index contributed by atoms with van der Waals surface area (Å²) in [6, 6.07) is 10.6. The number of hydrogen-bond donors (Lipinski definition) is 2. The lowest BCUT2D eigenvalue weighted by Crippen LogP contribution is -2.44. The standard InChI is InChI=1S/C18H21FN2O4S/c1-3-25-16-8-10-17(11-9-16)26(23,24)21-13(2)18(22)20-12-14-4-6-15(19)7-5-14/h4-11,13,21H,3,12H2,1-2H3,(H,20,22). The Labute approximate surface area is 152 Å². The molecule has 0 aliphatic heterocycles. The van der Waals surface area contributed by atoms with Gasteiger partial charge in [-0.1, -0.05) is 12.1 Å². The Morgan fingerprint density at radius 1 is 1.12 bits per heavy atom. The molecule has 8 heteroatoms. The van der Waals surface area contributed by atoms with Gasteiger partial charge in [0.2, 0.25) is 15.9 Å². The summed E-state index contributed by atoms with van der Waals surface area (Å²) in [5.74, 6) is -0.281. The van der Waals surface area contributed by atoms with Crippen LogP contribution in [-0.2, 0) is 21.4 Å². The van der Waals surface area contributed by atoms with Crippen LogP contribution in [0.25, 0.3) is 0 Å². The van der Waals surface area contributed by atoms with Crippen LogP contribution in [0.15, 0.2) is 53.4 Å². The minimum Gasteiger partial charge on any atom is -0.494 e. The largest absolute Gasteiger partial charge is 0.494 e. The number of halogens is 1. The lowest BCUT2D eigenvalue weighted by Gasteiger charge is -2.15. The number of ether oxygens (including phenoxy) is 1. The number of amides is 1. The molecule has 2 rings (SSSR count). The molecule has 0 spiro atoms. The fourth-order valence-corrected chi connectivity index (χ4v) is 3.38. The van der Waals surface area contributed by atoms with Crippen LogP contribution >= 0.6 is 0 Å². The molecule has 1 amide bonds. The molecule has 0 radical (unpaired) electrons. The summed E-state index contributed by atoms with van der Waals surface area (Å²) in [4.78, 5) is 12.1. The molecular formula is C18H21FN2O4S. The fourth-order valence-electron chi connectivity index (χ4n) is 2.18. The number of nitrogens with one attached hydrogen (secondary N) is 2. The van der Waals surface area contributed by atoms with E-state index in [0.29, 0.717) is 17.9 Å². The van der Waals surface area contributed by atoms with Gasteiger partial charge in [0, 0.05) is 6.54 Å². The first-order valence-electron chi connectivity index (χ1n) is 8.09. The van der Waals surface area contributed by atoms with E-state index < -0.39 is 22.0 Å². The van der Waals surface area contributed by atoms with Crippen molar-refractivity contribution in [2.24, 2.45) is 0 Å². The van der Waals surface area contributed by atoms with Gasteiger partial charge in [-0.3, -0.25) is 4.79 Å². The van der Waals surface area contributed by atoms with E-state index in [1.165, 1.54) is 31.2 Å². The third-order valence-corrected chi connectivity index (χ3v) is 5.11. The van der Waals surface area contributed by atoms with Crippen molar-refractivity contribution in [3.05, 3.63) is 59.9 Å². The molecule has 1 atom stereocenters. The zero-order valence-corrected chi connectivity index (χ0v) is 15.3. The van der Waals surface area contributed by atoms with Crippen molar-refractivity contribution in [2.75, 3.05) is 6.61 Å². The Morgan fingerprint density at radius 2 is 1.73 bits per heavy atom. The first kappa shape index (κ1) is 19.9. The maximum atomic E-state index is 12.9. The highest BCUT2D eigenvalue weighted by atomic mass is 32.2. The summed E-state index contributed by atoms with van der Waals surface area (Å²) in [6.45, 7) is 3.94. The molecule has 0 saturated carbocycles. The molecule has 1 unspecified atom stereocenters. The minimum atomic E-state index is -3.84. The molecule has 2 aromatic carbocycles. The van der Waals surface area contributed by atoms with Gasteiger partial charge in [-0.2, -0.15) is 4.72 Å². The summed E-state index contributed by atoms with van der Waals surface area (Å²) in [5.41, 5.74) is 0.710. The van der Waals surface area contributed by atoms with Crippen molar-refractivity contribution in [3.63, 3.8) is 0 Å². The topological polar surface area (TPSA) is 84.5 Å². The van der Waals surface area contributed by atoms with Gasteiger partial charge in [0.05, 0.1) is 17.5 Å². The van der Waals surface area contributed by atoms with E-state index in [1.54, 1.807) is 24.3 Å². The lowest BCUT2D eigenvalue weighted by atomic mass is 10.2.